The number of aromatic nitrogens is 1. The summed E-state index contributed by atoms with van der Waals surface area (Å²) in [6.07, 6.45) is 1.67. The van der Waals surface area contributed by atoms with Crippen LogP contribution >= 0.6 is 47.8 Å². The van der Waals surface area contributed by atoms with Crippen molar-refractivity contribution in [2.75, 3.05) is 5.32 Å². The number of benzene rings is 1. The van der Waals surface area contributed by atoms with Gasteiger partial charge in [0.2, 0.25) is 0 Å². The van der Waals surface area contributed by atoms with Crippen molar-refractivity contribution in [1.29, 1.82) is 5.26 Å². The summed E-state index contributed by atoms with van der Waals surface area (Å²) in [5.41, 5.74) is 1.51. The Balaban J connectivity index is 2.31. The van der Waals surface area contributed by atoms with Gasteiger partial charge in [-0.15, -0.1) is 0 Å². The van der Waals surface area contributed by atoms with Crippen molar-refractivity contribution < 1.29 is 0 Å². The second-order valence-electron chi connectivity index (χ2n) is 3.71. The van der Waals surface area contributed by atoms with Gasteiger partial charge in [-0.2, -0.15) is 5.26 Å². The maximum absolute atomic E-state index is 9.33. The molecule has 0 saturated heterocycles. The van der Waals surface area contributed by atoms with Crippen LogP contribution in [-0.2, 0) is 0 Å². The number of anilines is 1. The van der Waals surface area contributed by atoms with Gasteiger partial charge in [-0.1, -0.05) is 12.1 Å². The van der Waals surface area contributed by atoms with Crippen molar-refractivity contribution in [3.05, 3.63) is 55.6 Å². The zero-order valence-electron chi connectivity index (χ0n) is 9.57. The average molecular weight is 446 g/mol. The van der Waals surface area contributed by atoms with Gasteiger partial charge in [-0.3, -0.25) is 4.98 Å². The van der Waals surface area contributed by atoms with Crippen LogP contribution in [0, 0.1) is 11.3 Å². The fourth-order valence-electron chi connectivity index (χ4n) is 1.53. The Kier molecular flexibility index (Phi) is 4.97. The van der Waals surface area contributed by atoms with E-state index in [2.05, 4.69) is 64.2 Å². The first-order valence-electron chi connectivity index (χ1n) is 5.33. The van der Waals surface area contributed by atoms with Crippen LogP contribution in [0.15, 0.2) is 49.9 Å². The van der Waals surface area contributed by atoms with E-state index in [0.29, 0.717) is 5.69 Å². The molecule has 6 heteroatoms. The summed E-state index contributed by atoms with van der Waals surface area (Å²) in [5.74, 6) is 0. The van der Waals surface area contributed by atoms with Crippen LogP contribution in [0.5, 0.6) is 0 Å². The number of hydrogen-bond acceptors (Lipinski definition) is 3. The first kappa shape index (κ1) is 14.5. The zero-order chi connectivity index (χ0) is 13.8. The molecule has 0 fully saturated rings. The number of nitriles is 1. The molecule has 2 aromatic rings. The molecule has 19 heavy (non-hydrogen) atoms. The molecule has 1 atom stereocenters. The molecule has 1 unspecified atom stereocenters. The Morgan fingerprint density at radius 1 is 1.16 bits per heavy atom. The summed E-state index contributed by atoms with van der Waals surface area (Å²) in [5, 5.41) is 12.5. The summed E-state index contributed by atoms with van der Waals surface area (Å²) in [4.78, 5) is 4.28. The Morgan fingerprint density at radius 2 is 1.89 bits per heavy atom. The van der Waals surface area contributed by atoms with E-state index in [1.54, 1.807) is 6.20 Å². The quantitative estimate of drug-likeness (QED) is 0.719. The van der Waals surface area contributed by atoms with Gasteiger partial charge in [0.15, 0.2) is 6.04 Å². The number of nitrogens with one attached hydrogen (secondary N) is 1. The Bertz CT molecular complexity index is 637. The highest BCUT2D eigenvalue weighted by Crippen LogP contribution is 2.29. The molecule has 1 aromatic heterocycles. The average Bonchev–Trinajstić information content (AvgIpc) is 2.39. The molecule has 0 amide bonds. The number of pyridine rings is 1. The fourth-order valence-corrected chi connectivity index (χ4v) is 3.15. The molecule has 1 N–H and O–H groups in total. The predicted octanol–water partition coefficient (Wildman–Crippen LogP) is 5.05. The second-order valence-corrected chi connectivity index (χ2v) is 6.33. The molecular formula is C13H8Br3N3. The monoisotopic (exact) mass is 443 g/mol. The van der Waals surface area contributed by atoms with Crippen LogP contribution in [0.3, 0.4) is 0 Å². The second kappa shape index (κ2) is 6.51. The van der Waals surface area contributed by atoms with Crippen LogP contribution < -0.4 is 5.32 Å². The van der Waals surface area contributed by atoms with E-state index in [9.17, 15) is 5.26 Å². The van der Waals surface area contributed by atoms with Gasteiger partial charge in [-0.25, -0.2) is 0 Å². The smallest absolute Gasteiger partial charge is 0.158 e. The Labute approximate surface area is 136 Å². The first-order chi connectivity index (χ1) is 9.11. The lowest BCUT2D eigenvalue weighted by atomic mass is 10.2. The molecule has 0 bridgehead atoms. The summed E-state index contributed by atoms with van der Waals surface area (Å²) >= 11 is 10.2. The summed E-state index contributed by atoms with van der Waals surface area (Å²) in [6, 6.07) is 11.2. The van der Waals surface area contributed by atoms with E-state index in [0.717, 1.165) is 19.1 Å². The van der Waals surface area contributed by atoms with Gasteiger partial charge in [0, 0.05) is 25.3 Å². The SMILES string of the molecule is N#CC(Nc1ccccc1Br)c1ncc(Br)cc1Br. The van der Waals surface area contributed by atoms with Crippen molar-refractivity contribution >= 4 is 53.5 Å². The summed E-state index contributed by atoms with van der Waals surface area (Å²) < 4.78 is 2.55. The van der Waals surface area contributed by atoms with E-state index in [-0.39, 0.29) is 0 Å². The highest BCUT2D eigenvalue weighted by atomic mass is 79.9. The largest absolute Gasteiger partial charge is 0.364 e. The normalized spacial score (nSPS) is 11.7. The maximum Gasteiger partial charge on any atom is 0.158 e. The van der Waals surface area contributed by atoms with Crippen molar-refractivity contribution in [2.24, 2.45) is 0 Å². The maximum atomic E-state index is 9.33. The molecule has 2 rings (SSSR count). The van der Waals surface area contributed by atoms with E-state index < -0.39 is 6.04 Å². The van der Waals surface area contributed by atoms with E-state index in [1.807, 2.05) is 30.3 Å². The van der Waals surface area contributed by atoms with E-state index in [1.165, 1.54) is 0 Å². The number of rotatable bonds is 3. The minimum absolute atomic E-state index is 0.527. The lowest BCUT2D eigenvalue weighted by molar-refractivity contribution is 0.922. The topological polar surface area (TPSA) is 48.7 Å². The van der Waals surface area contributed by atoms with Crippen molar-refractivity contribution in [2.45, 2.75) is 6.04 Å². The third kappa shape index (κ3) is 3.56. The third-order valence-corrected chi connectivity index (χ3v) is 4.17. The van der Waals surface area contributed by atoms with Crippen LogP contribution in [-0.4, -0.2) is 4.98 Å². The predicted molar refractivity (Wildman–Crippen MR) is 85.8 cm³/mol. The van der Waals surface area contributed by atoms with Crippen molar-refractivity contribution in [3.63, 3.8) is 0 Å². The van der Waals surface area contributed by atoms with Gasteiger partial charge in [0.05, 0.1) is 11.8 Å². The molecule has 0 spiro atoms. The molecule has 0 aliphatic heterocycles. The molecule has 0 aliphatic rings. The highest BCUT2D eigenvalue weighted by molar-refractivity contribution is 9.11. The van der Waals surface area contributed by atoms with Gasteiger partial charge in [0.1, 0.15) is 0 Å². The zero-order valence-corrected chi connectivity index (χ0v) is 14.3. The molecular weight excluding hydrogens is 438 g/mol. The van der Waals surface area contributed by atoms with Gasteiger partial charge in [-0.05, 0) is 66.0 Å². The molecule has 0 saturated carbocycles. The molecule has 96 valence electrons. The number of hydrogen-bond donors (Lipinski definition) is 1. The number of halogens is 3. The summed E-state index contributed by atoms with van der Waals surface area (Å²) in [7, 11) is 0. The lowest BCUT2D eigenvalue weighted by Crippen LogP contribution is -2.11. The van der Waals surface area contributed by atoms with Gasteiger partial charge < -0.3 is 5.32 Å². The van der Waals surface area contributed by atoms with E-state index >= 15 is 0 Å². The van der Waals surface area contributed by atoms with Gasteiger partial charge in [0.25, 0.3) is 0 Å². The van der Waals surface area contributed by atoms with Crippen LogP contribution in [0.1, 0.15) is 11.7 Å². The van der Waals surface area contributed by atoms with Gasteiger partial charge >= 0.3 is 0 Å². The first-order valence-corrected chi connectivity index (χ1v) is 7.71. The fraction of sp³-hybridized carbons (Fsp3) is 0.0769. The summed E-state index contributed by atoms with van der Waals surface area (Å²) in [6.45, 7) is 0. The number of para-hydroxylation sites is 1. The van der Waals surface area contributed by atoms with E-state index in [4.69, 9.17) is 0 Å². The molecule has 0 aliphatic carbocycles. The third-order valence-electron chi connectivity index (χ3n) is 2.41. The molecule has 3 nitrogen and oxygen atoms in total. The Hall–Kier alpha value is -0.900. The standard InChI is InChI=1S/C13H8Br3N3/c14-8-5-10(16)13(18-7-8)12(6-17)19-11-4-2-1-3-9(11)15/h1-5,7,12,19H. The molecule has 0 radical (unpaired) electrons. The molecule has 1 heterocycles. The minimum atomic E-state index is -0.527. The van der Waals surface area contributed by atoms with Crippen molar-refractivity contribution in [3.8, 4) is 6.07 Å². The minimum Gasteiger partial charge on any atom is -0.364 e. The van der Waals surface area contributed by atoms with Crippen LogP contribution in [0.25, 0.3) is 0 Å². The number of nitrogens with zero attached hydrogens (tertiary/aromatic N) is 2. The van der Waals surface area contributed by atoms with Crippen LogP contribution in [0.4, 0.5) is 5.69 Å². The Morgan fingerprint density at radius 3 is 2.53 bits per heavy atom. The lowest BCUT2D eigenvalue weighted by Gasteiger charge is -2.15. The van der Waals surface area contributed by atoms with Crippen molar-refractivity contribution in [1.82, 2.24) is 4.98 Å². The molecule has 1 aromatic carbocycles. The van der Waals surface area contributed by atoms with Crippen LogP contribution in [0.2, 0.25) is 0 Å². The highest BCUT2D eigenvalue weighted by Gasteiger charge is 2.16.